The highest BCUT2D eigenvalue weighted by Gasteiger charge is 2.25. The number of thioether (sulfide) groups is 1. The van der Waals surface area contributed by atoms with Crippen molar-refractivity contribution in [3.8, 4) is 29.3 Å². The zero-order chi connectivity index (χ0) is 27.4. The first kappa shape index (κ1) is 27.2. The van der Waals surface area contributed by atoms with Crippen LogP contribution in [0.4, 0.5) is 10.8 Å². The standard InChI is InChI=1S/C29H28N6OS2/c1-16(2)18-5-7-19(8-6-18)26-22(14-31)27(33)35-28(23(26)15-32)37-11-10-25(36)34-29-21(13-30)20-9-4-17(3)12-24(20)38-29/h5-8,16-17H,4,9-12H2,1-3H3,(H2,33,35)(H,34,36). The molecule has 2 aromatic heterocycles. The Labute approximate surface area is 231 Å². The number of nitriles is 3. The lowest BCUT2D eigenvalue weighted by Crippen LogP contribution is -2.12. The van der Waals surface area contributed by atoms with Crippen molar-refractivity contribution in [2.45, 2.75) is 57.4 Å². The number of carbonyl (C=O) groups is 1. The van der Waals surface area contributed by atoms with Gasteiger partial charge in [-0.1, -0.05) is 45.0 Å². The molecule has 1 unspecified atom stereocenters. The summed E-state index contributed by atoms with van der Waals surface area (Å²) < 4.78 is 0. The van der Waals surface area contributed by atoms with Crippen molar-refractivity contribution in [3.05, 3.63) is 57.0 Å². The highest BCUT2D eigenvalue weighted by Crippen LogP contribution is 2.40. The molecule has 1 atom stereocenters. The smallest absolute Gasteiger partial charge is 0.225 e. The average Bonchev–Trinajstić information content (AvgIpc) is 3.23. The fraction of sp³-hybridized carbons (Fsp3) is 0.345. The van der Waals surface area contributed by atoms with E-state index in [2.05, 4.69) is 49.3 Å². The fourth-order valence-electron chi connectivity index (χ4n) is 4.61. The molecule has 3 aromatic rings. The van der Waals surface area contributed by atoms with Gasteiger partial charge in [0.2, 0.25) is 5.91 Å². The number of amides is 1. The van der Waals surface area contributed by atoms with E-state index in [-0.39, 0.29) is 29.3 Å². The van der Waals surface area contributed by atoms with Gasteiger partial charge in [-0.25, -0.2) is 4.98 Å². The van der Waals surface area contributed by atoms with E-state index in [1.807, 2.05) is 24.3 Å². The molecule has 0 spiro atoms. The number of thiophene rings is 1. The lowest BCUT2D eigenvalue weighted by Gasteiger charge is -2.17. The fourth-order valence-corrected chi connectivity index (χ4v) is 6.93. The predicted octanol–water partition coefficient (Wildman–Crippen LogP) is 6.38. The molecule has 1 aliphatic rings. The third-order valence-corrected chi connectivity index (χ3v) is 8.87. The number of anilines is 2. The molecule has 0 saturated carbocycles. The molecule has 1 amide bonds. The molecule has 0 fully saturated rings. The maximum Gasteiger partial charge on any atom is 0.225 e. The molecule has 0 saturated heterocycles. The lowest BCUT2D eigenvalue weighted by atomic mass is 9.89. The molecular formula is C29H28N6OS2. The maximum atomic E-state index is 12.8. The molecule has 0 radical (unpaired) electrons. The van der Waals surface area contributed by atoms with Crippen LogP contribution in [0.1, 0.15) is 72.2 Å². The minimum Gasteiger partial charge on any atom is -0.383 e. The summed E-state index contributed by atoms with van der Waals surface area (Å²) in [6, 6.07) is 14.3. The van der Waals surface area contributed by atoms with Gasteiger partial charge in [0.05, 0.1) is 11.1 Å². The zero-order valence-corrected chi connectivity index (χ0v) is 23.2. The summed E-state index contributed by atoms with van der Waals surface area (Å²) in [5.74, 6) is 1.13. The third kappa shape index (κ3) is 5.53. The highest BCUT2D eigenvalue weighted by atomic mass is 32.2. The first-order chi connectivity index (χ1) is 18.3. The first-order valence-electron chi connectivity index (χ1n) is 12.5. The molecule has 3 N–H and O–H groups in total. The highest BCUT2D eigenvalue weighted by molar-refractivity contribution is 7.99. The van der Waals surface area contributed by atoms with Crippen LogP contribution in [-0.4, -0.2) is 16.6 Å². The predicted molar refractivity (Wildman–Crippen MR) is 152 cm³/mol. The van der Waals surface area contributed by atoms with Crippen molar-refractivity contribution in [1.82, 2.24) is 4.98 Å². The minimum absolute atomic E-state index is 0.0541. The largest absolute Gasteiger partial charge is 0.383 e. The summed E-state index contributed by atoms with van der Waals surface area (Å²) >= 11 is 2.75. The van der Waals surface area contributed by atoms with E-state index in [0.29, 0.717) is 38.7 Å². The number of fused-ring (bicyclic) bond motifs is 1. The van der Waals surface area contributed by atoms with Crippen molar-refractivity contribution < 1.29 is 4.79 Å². The number of hydrogen-bond acceptors (Lipinski definition) is 8. The second-order valence-corrected chi connectivity index (χ2v) is 11.9. The SMILES string of the molecule is CC1CCc2c(sc(NC(=O)CCSc3nc(N)c(C#N)c(-c4ccc(C(C)C)cc4)c3C#N)c2C#N)C1. The lowest BCUT2D eigenvalue weighted by molar-refractivity contribution is -0.115. The van der Waals surface area contributed by atoms with Gasteiger partial charge in [0.1, 0.15) is 39.6 Å². The molecule has 1 aromatic carbocycles. The number of benzene rings is 1. The molecule has 9 heteroatoms. The Bertz CT molecular complexity index is 1500. The van der Waals surface area contributed by atoms with Gasteiger partial charge in [-0.15, -0.1) is 23.1 Å². The Hall–Kier alpha value is -3.84. The molecule has 38 heavy (non-hydrogen) atoms. The quantitative estimate of drug-likeness (QED) is 0.332. The number of nitrogens with one attached hydrogen (secondary N) is 1. The Morgan fingerprint density at radius 2 is 1.84 bits per heavy atom. The number of hydrogen-bond donors (Lipinski definition) is 2. The van der Waals surface area contributed by atoms with Crippen LogP contribution in [-0.2, 0) is 17.6 Å². The van der Waals surface area contributed by atoms with E-state index in [0.717, 1.165) is 36.0 Å². The summed E-state index contributed by atoms with van der Waals surface area (Å²) in [6.45, 7) is 6.40. The Kier molecular flexibility index (Phi) is 8.37. The summed E-state index contributed by atoms with van der Waals surface area (Å²) in [5, 5.41) is 33.4. The van der Waals surface area contributed by atoms with Crippen molar-refractivity contribution in [3.63, 3.8) is 0 Å². The maximum absolute atomic E-state index is 12.8. The molecule has 0 bridgehead atoms. The molecular weight excluding hydrogens is 512 g/mol. The molecule has 2 heterocycles. The summed E-state index contributed by atoms with van der Waals surface area (Å²) in [5.41, 5.74) is 10.5. The number of carbonyl (C=O) groups excluding carboxylic acids is 1. The number of pyridine rings is 1. The second-order valence-electron chi connectivity index (χ2n) is 9.74. The zero-order valence-electron chi connectivity index (χ0n) is 21.6. The Morgan fingerprint density at radius 1 is 1.16 bits per heavy atom. The monoisotopic (exact) mass is 540 g/mol. The number of nitrogen functional groups attached to an aromatic ring is 1. The van der Waals surface area contributed by atoms with Crippen LogP contribution in [0.5, 0.6) is 0 Å². The minimum atomic E-state index is -0.203. The summed E-state index contributed by atoms with van der Waals surface area (Å²) in [4.78, 5) is 18.3. The summed E-state index contributed by atoms with van der Waals surface area (Å²) in [7, 11) is 0. The van der Waals surface area contributed by atoms with E-state index in [1.54, 1.807) is 0 Å². The van der Waals surface area contributed by atoms with E-state index in [1.165, 1.54) is 28.0 Å². The van der Waals surface area contributed by atoms with Crippen molar-refractivity contribution >= 4 is 39.8 Å². The van der Waals surface area contributed by atoms with Gasteiger partial charge < -0.3 is 11.1 Å². The van der Waals surface area contributed by atoms with Crippen LogP contribution < -0.4 is 11.1 Å². The number of nitrogens with zero attached hydrogens (tertiary/aromatic N) is 4. The number of nitrogens with two attached hydrogens (primary N) is 1. The van der Waals surface area contributed by atoms with Gasteiger partial charge in [-0.05, 0) is 47.8 Å². The van der Waals surface area contributed by atoms with Gasteiger partial charge in [0.25, 0.3) is 0 Å². The van der Waals surface area contributed by atoms with E-state index in [9.17, 15) is 20.6 Å². The van der Waals surface area contributed by atoms with Gasteiger partial charge in [0, 0.05) is 22.6 Å². The van der Waals surface area contributed by atoms with Crippen molar-refractivity contribution in [2.75, 3.05) is 16.8 Å². The van der Waals surface area contributed by atoms with Crippen LogP contribution in [0.3, 0.4) is 0 Å². The van der Waals surface area contributed by atoms with Gasteiger partial charge in [0.15, 0.2) is 0 Å². The van der Waals surface area contributed by atoms with E-state index in [4.69, 9.17) is 5.73 Å². The Morgan fingerprint density at radius 3 is 2.47 bits per heavy atom. The van der Waals surface area contributed by atoms with Gasteiger partial charge in [-0.3, -0.25) is 4.79 Å². The average molecular weight is 541 g/mol. The van der Waals surface area contributed by atoms with Crippen LogP contribution in [0.2, 0.25) is 0 Å². The van der Waals surface area contributed by atoms with Gasteiger partial charge in [-0.2, -0.15) is 15.8 Å². The number of aromatic nitrogens is 1. The molecule has 0 aliphatic heterocycles. The second kappa shape index (κ2) is 11.7. The van der Waals surface area contributed by atoms with Crippen molar-refractivity contribution in [1.29, 1.82) is 15.8 Å². The molecule has 1 aliphatic carbocycles. The first-order valence-corrected chi connectivity index (χ1v) is 14.3. The molecule has 7 nitrogen and oxygen atoms in total. The topological polar surface area (TPSA) is 139 Å². The van der Waals surface area contributed by atoms with Crippen LogP contribution in [0, 0.1) is 39.9 Å². The Balaban J connectivity index is 1.52. The molecule has 192 valence electrons. The molecule has 4 rings (SSSR count). The van der Waals surface area contributed by atoms with Crippen LogP contribution in [0.25, 0.3) is 11.1 Å². The van der Waals surface area contributed by atoms with Crippen LogP contribution in [0.15, 0.2) is 29.3 Å². The van der Waals surface area contributed by atoms with Crippen molar-refractivity contribution in [2.24, 2.45) is 5.92 Å². The summed E-state index contributed by atoms with van der Waals surface area (Å²) in [6.07, 6.45) is 3.02. The third-order valence-electron chi connectivity index (χ3n) is 6.73. The normalized spacial score (nSPS) is 14.3. The van der Waals surface area contributed by atoms with Gasteiger partial charge >= 0.3 is 0 Å². The van der Waals surface area contributed by atoms with E-state index < -0.39 is 0 Å². The van der Waals surface area contributed by atoms with E-state index >= 15 is 0 Å². The number of rotatable bonds is 7. The van der Waals surface area contributed by atoms with Crippen LogP contribution >= 0.6 is 23.1 Å².